The van der Waals surface area contributed by atoms with Crippen molar-refractivity contribution < 1.29 is 60.6 Å². The second kappa shape index (κ2) is 13.3. The molecule has 0 fully saturated rings. The molecule has 0 unspecified atom stereocenters. The molecule has 0 bridgehead atoms. The van der Waals surface area contributed by atoms with Crippen LogP contribution in [0.1, 0.15) is 0 Å². The third-order valence-corrected chi connectivity index (χ3v) is 0.787. The van der Waals surface area contributed by atoms with Gasteiger partial charge >= 0.3 is 40.6 Å². The van der Waals surface area contributed by atoms with Gasteiger partial charge in [-0.05, 0) is 12.1 Å². The Kier molecular flexibility index (Phi) is 17.2. The third-order valence-electron chi connectivity index (χ3n) is 0.787. The molecule has 0 radical (unpaired) electrons. The summed E-state index contributed by atoms with van der Waals surface area (Å²) in [5.41, 5.74) is 0. The maximum absolute atomic E-state index is 11.9. The molecule has 1 rings (SSSR count). The van der Waals surface area contributed by atoms with E-state index in [0.717, 1.165) is 6.07 Å². The molecule has 0 amide bonds. The molecule has 1 aromatic carbocycles. The van der Waals surface area contributed by atoms with Crippen LogP contribution in [0.3, 0.4) is 0 Å². The Hall–Kier alpha value is -0.968. The molecular weight excluding hydrogens is 377 g/mol. The van der Waals surface area contributed by atoms with Gasteiger partial charge in [0, 0.05) is 6.07 Å². The van der Waals surface area contributed by atoms with Gasteiger partial charge < -0.3 is 51.8 Å². The zero-order valence-electron chi connectivity index (χ0n) is 10.3. The van der Waals surface area contributed by atoms with Gasteiger partial charge in [0.15, 0.2) is 0 Å². The third kappa shape index (κ3) is 103. The van der Waals surface area contributed by atoms with Gasteiger partial charge in [0.1, 0.15) is 11.6 Å². The van der Waals surface area contributed by atoms with Crippen molar-refractivity contribution in [3.63, 3.8) is 0 Å². The van der Waals surface area contributed by atoms with Crippen LogP contribution in [0.15, 0.2) is 24.3 Å². The minimum atomic E-state index is -6.00. The summed E-state index contributed by atoms with van der Waals surface area (Å²) in [6, 6.07) is 4.55. The fourth-order valence-corrected chi connectivity index (χ4v) is 0.460. The van der Waals surface area contributed by atoms with E-state index in [4.69, 9.17) is 0 Å². The topological polar surface area (TPSA) is 0 Å². The predicted molar refractivity (Wildman–Crippen MR) is 64.1 cm³/mol. The average Bonchev–Trinajstić information content (AvgIpc) is 2.07. The quantitative estimate of drug-likeness (QED) is 0.426. The summed E-state index contributed by atoms with van der Waals surface area (Å²) in [6.45, 7) is 0. The van der Waals surface area contributed by atoms with E-state index < -0.39 is 33.4 Å². The monoisotopic (exact) mass is 383 g/mol. The molecule has 18 heteroatoms. The Morgan fingerprint density at radius 1 is 0.500 bits per heavy atom. The van der Waals surface area contributed by atoms with Gasteiger partial charge in [-0.3, -0.25) is 0 Å². The van der Waals surface area contributed by atoms with E-state index in [0.29, 0.717) is 0 Å². The predicted octanol–water partition coefficient (Wildman–Crippen LogP) is 5.22. The first-order valence-corrected chi connectivity index (χ1v) is 4.82. The maximum atomic E-state index is 11.9. The van der Waals surface area contributed by atoms with Crippen LogP contribution in [0.25, 0.3) is 0 Å². The van der Waals surface area contributed by atoms with Crippen molar-refractivity contribution in [2.45, 2.75) is 0 Å². The summed E-state index contributed by atoms with van der Waals surface area (Å²) in [7, 11) is -18.0. The van der Waals surface area contributed by atoms with Crippen LogP contribution in [0.5, 0.6) is 0 Å². The van der Waals surface area contributed by atoms with Crippen LogP contribution in [0.4, 0.5) is 60.6 Å². The molecule has 24 heavy (non-hydrogen) atoms. The molecule has 0 saturated heterocycles. The zero-order chi connectivity index (χ0) is 19.5. The Balaban J connectivity index is -0.000000113. The van der Waals surface area contributed by atoms with Crippen LogP contribution in [0.2, 0.25) is 0 Å². The fourth-order valence-electron chi connectivity index (χ4n) is 0.460. The van der Waals surface area contributed by atoms with Gasteiger partial charge in [0.2, 0.25) is 0 Å². The van der Waals surface area contributed by atoms with Gasteiger partial charge in [-0.25, -0.2) is 8.78 Å². The SMILES string of the molecule is F[B-](F)(F)F.F[B-](F)(F)F.F[B-](F)(F)F.Fc1cccc(F)c1.[LiH]. The first-order chi connectivity index (χ1) is 9.79. The average molecular weight is 382 g/mol. The van der Waals surface area contributed by atoms with Crippen LogP contribution in [0, 0.1) is 11.6 Å². The Bertz CT molecular complexity index is 350. The number of halogens is 14. The van der Waals surface area contributed by atoms with Crippen LogP contribution in [-0.4, -0.2) is 40.6 Å². The van der Waals surface area contributed by atoms with E-state index >= 15 is 0 Å². The van der Waals surface area contributed by atoms with Crippen molar-refractivity contribution in [3.8, 4) is 0 Å². The second-order valence-electron chi connectivity index (χ2n) is 2.92. The standard InChI is InChI=1S/C6H4F2.3BF4.Li.H/c7-5-2-1-3-6(8)4-5;3*2-1(3,4)5;;/h1-4H;;;;;/q;3*-1;;. The molecule has 0 atom stereocenters. The normalized spacial score (nSPS) is 10.6. The van der Waals surface area contributed by atoms with Crippen molar-refractivity contribution in [2.75, 3.05) is 0 Å². The molecule has 0 saturated carbocycles. The Labute approximate surface area is 138 Å². The van der Waals surface area contributed by atoms with Gasteiger partial charge in [-0.2, -0.15) is 0 Å². The molecule has 0 nitrogen and oxygen atoms in total. The summed E-state index contributed by atoms with van der Waals surface area (Å²) < 4.78 is 141. The van der Waals surface area contributed by atoms with E-state index in [1.807, 2.05) is 0 Å². The number of rotatable bonds is 0. The Morgan fingerprint density at radius 3 is 0.750 bits per heavy atom. The first kappa shape index (κ1) is 30.9. The summed E-state index contributed by atoms with van der Waals surface area (Å²) in [5, 5.41) is 0. The molecule has 0 spiro atoms. The van der Waals surface area contributed by atoms with Crippen molar-refractivity contribution in [3.05, 3.63) is 35.9 Å². The molecule has 140 valence electrons. The molecule has 0 aromatic heterocycles. The van der Waals surface area contributed by atoms with E-state index in [1.54, 1.807) is 0 Å². The molecule has 0 N–H and O–H groups in total. The Morgan fingerprint density at radius 2 is 0.667 bits per heavy atom. The molecule has 0 aliphatic carbocycles. The molecule has 1 aromatic rings. The van der Waals surface area contributed by atoms with Gasteiger partial charge in [-0.15, -0.1) is 0 Å². The van der Waals surface area contributed by atoms with Gasteiger partial charge in [0.05, 0.1) is 0 Å². The van der Waals surface area contributed by atoms with Gasteiger partial charge in [-0.1, -0.05) is 6.07 Å². The minimum absolute atomic E-state index is 0. The van der Waals surface area contributed by atoms with Crippen molar-refractivity contribution in [1.82, 2.24) is 0 Å². The summed E-state index contributed by atoms with van der Waals surface area (Å²) in [6.07, 6.45) is 0. The van der Waals surface area contributed by atoms with Crippen molar-refractivity contribution >= 4 is 40.6 Å². The number of hydrogen-bond donors (Lipinski definition) is 0. The van der Waals surface area contributed by atoms with Crippen molar-refractivity contribution in [1.29, 1.82) is 0 Å². The molecule has 0 aliphatic rings. The van der Waals surface area contributed by atoms with Gasteiger partial charge in [0.25, 0.3) is 0 Å². The van der Waals surface area contributed by atoms with Crippen LogP contribution < -0.4 is 0 Å². The number of benzene rings is 1. The van der Waals surface area contributed by atoms with E-state index in [2.05, 4.69) is 0 Å². The van der Waals surface area contributed by atoms with Crippen molar-refractivity contribution in [2.24, 2.45) is 0 Å². The van der Waals surface area contributed by atoms with Crippen LogP contribution >= 0.6 is 0 Å². The summed E-state index contributed by atoms with van der Waals surface area (Å²) in [5.74, 6) is -1.07. The molecule has 0 aliphatic heterocycles. The zero-order valence-corrected chi connectivity index (χ0v) is 10.3. The van der Waals surface area contributed by atoms with E-state index in [9.17, 15) is 60.6 Å². The molecular formula is C6H5B3F14Li-3. The fraction of sp³-hybridized carbons (Fsp3) is 0. The molecule has 0 heterocycles. The first-order valence-electron chi connectivity index (χ1n) is 4.82. The van der Waals surface area contributed by atoms with E-state index in [1.165, 1.54) is 18.2 Å². The summed E-state index contributed by atoms with van der Waals surface area (Å²) >= 11 is 0. The van der Waals surface area contributed by atoms with E-state index in [-0.39, 0.29) is 18.9 Å². The second-order valence-corrected chi connectivity index (χ2v) is 2.92. The number of hydrogen-bond acceptors (Lipinski definition) is 0. The summed E-state index contributed by atoms with van der Waals surface area (Å²) in [4.78, 5) is 0. The van der Waals surface area contributed by atoms with Crippen LogP contribution in [-0.2, 0) is 0 Å².